The van der Waals surface area contributed by atoms with Crippen LogP contribution in [0.1, 0.15) is 45.4 Å². The molecule has 0 aromatic heterocycles. The maximum Gasteiger partial charge on any atom is 0.191 e. The Bertz CT molecular complexity index is 260. The lowest BCUT2D eigenvalue weighted by molar-refractivity contribution is 0.331. The zero-order valence-corrected chi connectivity index (χ0v) is 14.5. The van der Waals surface area contributed by atoms with Crippen LogP contribution >= 0.6 is 24.0 Å². The molecule has 2 fully saturated rings. The molecule has 1 saturated heterocycles. The van der Waals surface area contributed by atoms with E-state index >= 15 is 0 Å². The van der Waals surface area contributed by atoms with E-state index in [0.717, 1.165) is 19.0 Å². The molecule has 1 aliphatic carbocycles. The summed E-state index contributed by atoms with van der Waals surface area (Å²) in [4.78, 5) is 7.21. The maximum absolute atomic E-state index is 4.63. The van der Waals surface area contributed by atoms with Crippen molar-refractivity contribution in [3.8, 4) is 0 Å². The van der Waals surface area contributed by atoms with Crippen LogP contribution in [0.4, 0.5) is 0 Å². The third-order valence-corrected chi connectivity index (χ3v) is 3.61. The van der Waals surface area contributed by atoms with E-state index < -0.39 is 0 Å². The van der Waals surface area contributed by atoms with Crippen molar-refractivity contribution in [1.29, 1.82) is 0 Å². The van der Waals surface area contributed by atoms with Gasteiger partial charge in [0, 0.05) is 19.1 Å². The molecule has 2 aliphatic rings. The van der Waals surface area contributed by atoms with Gasteiger partial charge in [-0.2, -0.15) is 0 Å². The second-order valence-corrected chi connectivity index (χ2v) is 5.44. The first-order valence-corrected chi connectivity index (χ1v) is 7.65. The van der Waals surface area contributed by atoms with E-state index in [1.54, 1.807) is 0 Å². The van der Waals surface area contributed by atoms with Gasteiger partial charge >= 0.3 is 0 Å². The molecule has 0 spiro atoms. The van der Waals surface area contributed by atoms with Gasteiger partial charge in [-0.1, -0.05) is 0 Å². The van der Waals surface area contributed by atoms with E-state index in [2.05, 4.69) is 27.4 Å². The average molecular weight is 380 g/mol. The van der Waals surface area contributed by atoms with Crippen LogP contribution in [0.15, 0.2) is 4.99 Å². The van der Waals surface area contributed by atoms with E-state index in [9.17, 15) is 0 Å². The normalized spacial score (nSPS) is 20.2. The number of rotatable bonds is 7. The Morgan fingerprint density at radius 2 is 1.95 bits per heavy atom. The van der Waals surface area contributed by atoms with Crippen LogP contribution < -0.4 is 10.6 Å². The number of likely N-dealkylation sites (tertiary alicyclic amines) is 1. The molecule has 19 heavy (non-hydrogen) atoms. The third-order valence-electron chi connectivity index (χ3n) is 3.61. The van der Waals surface area contributed by atoms with Crippen molar-refractivity contribution in [3.63, 3.8) is 0 Å². The van der Waals surface area contributed by atoms with Crippen molar-refractivity contribution < 1.29 is 0 Å². The van der Waals surface area contributed by atoms with E-state index in [4.69, 9.17) is 0 Å². The van der Waals surface area contributed by atoms with Gasteiger partial charge < -0.3 is 15.5 Å². The Balaban J connectivity index is 0.00000180. The minimum absolute atomic E-state index is 0. The van der Waals surface area contributed by atoms with Gasteiger partial charge in [-0.15, -0.1) is 24.0 Å². The van der Waals surface area contributed by atoms with Crippen molar-refractivity contribution in [1.82, 2.24) is 15.5 Å². The van der Waals surface area contributed by atoms with Gasteiger partial charge in [-0.3, -0.25) is 4.99 Å². The van der Waals surface area contributed by atoms with Crippen LogP contribution in [-0.4, -0.2) is 49.6 Å². The first-order valence-electron chi connectivity index (χ1n) is 7.65. The number of unbranched alkanes of at least 4 members (excludes halogenated alkanes) is 1. The van der Waals surface area contributed by atoms with Crippen molar-refractivity contribution in [2.24, 2.45) is 4.99 Å². The van der Waals surface area contributed by atoms with Gasteiger partial charge in [0.1, 0.15) is 0 Å². The summed E-state index contributed by atoms with van der Waals surface area (Å²) in [6.45, 7) is 7.92. The fourth-order valence-corrected chi connectivity index (χ4v) is 2.39. The Kier molecular flexibility index (Phi) is 8.77. The van der Waals surface area contributed by atoms with Gasteiger partial charge in [0.15, 0.2) is 5.96 Å². The quantitative estimate of drug-likeness (QED) is 0.308. The third kappa shape index (κ3) is 7.34. The van der Waals surface area contributed by atoms with Crippen LogP contribution in [0.3, 0.4) is 0 Å². The molecule has 0 atom stereocenters. The summed E-state index contributed by atoms with van der Waals surface area (Å²) < 4.78 is 0. The number of nitrogens with zero attached hydrogens (tertiary/aromatic N) is 2. The molecule has 112 valence electrons. The summed E-state index contributed by atoms with van der Waals surface area (Å²) in [6.07, 6.45) is 7.89. The van der Waals surface area contributed by atoms with Crippen molar-refractivity contribution in [3.05, 3.63) is 0 Å². The topological polar surface area (TPSA) is 39.7 Å². The second kappa shape index (κ2) is 9.80. The lowest BCUT2D eigenvalue weighted by Crippen LogP contribution is -2.38. The highest BCUT2D eigenvalue weighted by Gasteiger charge is 2.21. The summed E-state index contributed by atoms with van der Waals surface area (Å²) >= 11 is 0. The number of guanidine groups is 1. The van der Waals surface area contributed by atoms with Crippen molar-refractivity contribution in [2.45, 2.75) is 51.5 Å². The van der Waals surface area contributed by atoms with Crippen LogP contribution in [-0.2, 0) is 0 Å². The molecule has 1 aliphatic heterocycles. The Morgan fingerprint density at radius 3 is 2.58 bits per heavy atom. The van der Waals surface area contributed by atoms with E-state index in [-0.39, 0.29) is 24.0 Å². The zero-order chi connectivity index (χ0) is 12.6. The van der Waals surface area contributed by atoms with Crippen LogP contribution in [0.5, 0.6) is 0 Å². The molecule has 0 bridgehead atoms. The number of nitrogens with one attached hydrogen (secondary N) is 2. The smallest absolute Gasteiger partial charge is 0.191 e. The summed E-state index contributed by atoms with van der Waals surface area (Å²) in [6, 6.07) is 0.687. The molecule has 1 saturated carbocycles. The van der Waals surface area contributed by atoms with Gasteiger partial charge in [0.25, 0.3) is 0 Å². The number of hydrogen-bond acceptors (Lipinski definition) is 2. The largest absolute Gasteiger partial charge is 0.357 e. The predicted molar refractivity (Wildman–Crippen MR) is 92.5 cm³/mol. The van der Waals surface area contributed by atoms with E-state index in [1.165, 1.54) is 58.2 Å². The maximum atomic E-state index is 4.63. The molecule has 2 N–H and O–H groups in total. The summed E-state index contributed by atoms with van der Waals surface area (Å²) in [5.41, 5.74) is 0. The van der Waals surface area contributed by atoms with Crippen molar-refractivity contribution in [2.75, 3.05) is 32.7 Å². The monoisotopic (exact) mass is 380 g/mol. The first kappa shape index (κ1) is 17.0. The number of hydrogen-bond donors (Lipinski definition) is 2. The zero-order valence-electron chi connectivity index (χ0n) is 12.2. The molecule has 5 heteroatoms. The van der Waals surface area contributed by atoms with E-state index in [1.807, 2.05) is 0 Å². The van der Waals surface area contributed by atoms with Crippen molar-refractivity contribution >= 4 is 29.9 Å². The lowest BCUT2D eigenvalue weighted by atomic mass is 10.3. The fourth-order valence-electron chi connectivity index (χ4n) is 2.39. The second-order valence-electron chi connectivity index (χ2n) is 5.44. The number of halogens is 1. The van der Waals surface area contributed by atoms with Crippen LogP contribution in [0.2, 0.25) is 0 Å². The van der Waals surface area contributed by atoms with Gasteiger partial charge in [0.05, 0.1) is 0 Å². The summed E-state index contributed by atoms with van der Waals surface area (Å²) in [5.74, 6) is 1.01. The first-order chi connectivity index (χ1) is 8.88. The highest BCUT2D eigenvalue weighted by atomic mass is 127. The standard InChI is InChI=1S/C14H28N4.HI/c1-2-15-14(17-13-7-8-13)16-9-3-4-10-18-11-5-6-12-18;/h13H,2-12H2,1H3,(H2,15,16,17);1H. The number of aliphatic imine (C=N–C) groups is 1. The molecule has 0 radical (unpaired) electrons. The molecule has 0 unspecified atom stereocenters. The highest BCUT2D eigenvalue weighted by molar-refractivity contribution is 14.0. The fraction of sp³-hybridized carbons (Fsp3) is 0.929. The Hall–Kier alpha value is -0.0400. The van der Waals surface area contributed by atoms with Gasteiger partial charge in [-0.05, 0) is 65.1 Å². The molecule has 0 amide bonds. The SMILES string of the molecule is CCNC(=NCCCCN1CCCC1)NC1CC1.I. The van der Waals surface area contributed by atoms with E-state index in [0.29, 0.717) is 6.04 Å². The minimum Gasteiger partial charge on any atom is -0.357 e. The Labute approximate surface area is 134 Å². The molecular formula is C14H29IN4. The average Bonchev–Trinajstić information content (AvgIpc) is 3.03. The van der Waals surface area contributed by atoms with Gasteiger partial charge in [-0.25, -0.2) is 0 Å². The Morgan fingerprint density at radius 1 is 1.21 bits per heavy atom. The summed E-state index contributed by atoms with van der Waals surface area (Å²) in [7, 11) is 0. The minimum atomic E-state index is 0. The molecule has 0 aromatic carbocycles. The predicted octanol–water partition coefficient (Wildman–Crippen LogP) is 2.20. The van der Waals surface area contributed by atoms with Crippen LogP contribution in [0.25, 0.3) is 0 Å². The molecule has 0 aromatic rings. The molecular weight excluding hydrogens is 351 g/mol. The molecule has 4 nitrogen and oxygen atoms in total. The van der Waals surface area contributed by atoms with Crippen LogP contribution in [0, 0.1) is 0 Å². The molecule has 1 heterocycles. The summed E-state index contributed by atoms with van der Waals surface area (Å²) in [5, 5.41) is 6.77. The highest BCUT2D eigenvalue weighted by Crippen LogP contribution is 2.18. The molecule has 2 rings (SSSR count). The lowest BCUT2D eigenvalue weighted by Gasteiger charge is -2.13. The van der Waals surface area contributed by atoms with Gasteiger partial charge in [0.2, 0.25) is 0 Å².